The van der Waals surface area contributed by atoms with E-state index < -0.39 is 15.3 Å². The van der Waals surface area contributed by atoms with E-state index in [1.54, 1.807) is 30.5 Å². The standard InChI is InChI=1S/C11H11N5O2S/c1-9(8-12)19(17,18)15-11-5-7-14-16(11)10-4-2-3-6-13-10/h2-7,9,15H,1H3. The third-order valence-electron chi connectivity index (χ3n) is 2.40. The van der Waals surface area contributed by atoms with E-state index in [1.165, 1.54) is 23.9 Å². The van der Waals surface area contributed by atoms with Crippen molar-refractivity contribution in [1.82, 2.24) is 14.8 Å². The van der Waals surface area contributed by atoms with Gasteiger partial charge in [0.15, 0.2) is 11.1 Å². The Balaban J connectivity index is 2.35. The fourth-order valence-electron chi connectivity index (χ4n) is 1.35. The molecule has 1 unspecified atom stereocenters. The molecular weight excluding hydrogens is 266 g/mol. The predicted molar refractivity (Wildman–Crippen MR) is 69.0 cm³/mol. The van der Waals surface area contributed by atoms with Crippen LogP contribution in [0.15, 0.2) is 36.7 Å². The van der Waals surface area contributed by atoms with Gasteiger partial charge in [-0.1, -0.05) is 6.07 Å². The molecule has 0 saturated heterocycles. The highest BCUT2D eigenvalue weighted by Gasteiger charge is 2.22. The molecule has 0 fully saturated rings. The number of hydrogen-bond acceptors (Lipinski definition) is 5. The van der Waals surface area contributed by atoms with Crippen molar-refractivity contribution in [1.29, 1.82) is 5.26 Å². The van der Waals surface area contributed by atoms with Crippen molar-refractivity contribution in [3.63, 3.8) is 0 Å². The van der Waals surface area contributed by atoms with Gasteiger partial charge in [-0.15, -0.1) is 0 Å². The van der Waals surface area contributed by atoms with Crippen molar-refractivity contribution in [3.8, 4) is 11.9 Å². The van der Waals surface area contributed by atoms with Crippen molar-refractivity contribution < 1.29 is 8.42 Å². The summed E-state index contributed by atoms with van der Waals surface area (Å²) >= 11 is 0. The molecule has 0 saturated carbocycles. The highest BCUT2D eigenvalue weighted by Crippen LogP contribution is 2.15. The van der Waals surface area contributed by atoms with Crippen LogP contribution in [0.4, 0.5) is 5.82 Å². The molecule has 2 heterocycles. The second kappa shape index (κ2) is 5.07. The van der Waals surface area contributed by atoms with Crippen molar-refractivity contribution in [2.24, 2.45) is 0 Å². The minimum atomic E-state index is -3.76. The van der Waals surface area contributed by atoms with Gasteiger partial charge in [0.05, 0.1) is 12.3 Å². The quantitative estimate of drug-likeness (QED) is 0.895. The number of nitrogens with zero attached hydrogens (tertiary/aromatic N) is 4. The molecule has 2 rings (SSSR count). The molecule has 0 aromatic carbocycles. The summed E-state index contributed by atoms with van der Waals surface area (Å²) < 4.78 is 27.3. The number of nitriles is 1. The molecule has 1 atom stereocenters. The fraction of sp³-hybridized carbons (Fsp3) is 0.182. The van der Waals surface area contributed by atoms with Crippen LogP contribution in [-0.2, 0) is 10.0 Å². The monoisotopic (exact) mass is 277 g/mol. The Hall–Kier alpha value is -2.40. The van der Waals surface area contributed by atoms with E-state index in [2.05, 4.69) is 14.8 Å². The lowest BCUT2D eigenvalue weighted by molar-refractivity contribution is 0.596. The second-order valence-electron chi connectivity index (χ2n) is 3.73. The van der Waals surface area contributed by atoms with E-state index in [9.17, 15) is 8.42 Å². The molecule has 1 N–H and O–H groups in total. The lowest BCUT2D eigenvalue weighted by Crippen LogP contribution is -2.25. The number of hydrogen-bond donors (Lipinski definition) is 1. The number of nitrogens with one attached hydrogen (secondary N) is 1. The van der Waals surface area contributed by atoms with Crippen molar-refractivity contribution in [2.45, 2.75) is 12.2 Å². The lowest BCUT2D eigenvalue weighted by Gasteiger charge is -2.10. The van der Waals surface area contributed by atoms with Gasteiger partial charge in [-0.05, 0) is 19.1 Å². The van der Waals surface area contributed by atoms with E-state index >= 15 is 0 Å². The van der Waals surface area contributed by atoms with Gasteiger partial charge in [0.25, 0.3) is 0 Å². The topological polar surface area (TPSA) is 101 Å². The van der Waals surface area contributed by atoms with Gasteiger partial charge < -0.3 is 0 Å². The molecule has 0 aliphatic heterocycles. The normalized spacial score (nSPS) is 12.6. The Morgan fingerprint density at radius 2 is 2.16 bits per heavy atom. The van der Waals surface area contributed by atoms with Crippen LogP contribution in [0.3, 0.4) is 0 Å². The fourth-order valence-corrected chi connectivity index (χ4v) is 2.11. The summed E-state index contributed by atoms with van der Waals surface area (Å²) in [7, 11) is -3.76. The van der Waals surface area contributed by atoms with Gasteiger partial charge in [-0.25, -0.2) is 13.4 Å². The van der Waals surface area contributed by atoms with E-state index in [0.717, 1.165) is 0 Å². The lowest BCUT2D eigenvalue weighted by atomic mass is 10.5. The zero-order valence-corrected chi connectivity index (χ0v) is 10.9. The Kier molecular flexibility index (Phi) is 3.48. The van der Waals surface area contributed by atoms with Crippen molar-refractivity contribution in [2.75, 3.05) is 4.72 Å². The molecule has 2 aromatic rings. The maximum Gasteiger partial charge on any atom is 0.250 e. The molecule has 19 heavy (non-hydrogen) atoms. The predicted octanol–water partition coefficient (Wildman–Crippen LogP) is 0.921. The molecule has 0 spiro atoms. The maximum absolute atomic E-state index is 11.8. The van der Waals surface area contributed by atoms with Crippen LogP contribution in [0.25, 0.3) is 5.82 Å². The van der Waals surface area contributed by atoms with Gasteiger partial charge in [0.1, 0.15) is 5.82 Å². The van der Waals surface area contributed by atoms with E-state index in [-0.39, 0.29) is 5.82 Å². The molecule has 7 nitrogen and oxygen atoms in total. The van der Waals surface area contributed by atoms with E-state index in [1.807, 2.05) is 0 Å². The van der Waals surface area contributed by atoms with Gasteiger partial charge in [0.2, 0.25) is 10.0 Å². The SMILES string of the molecule is CC(C#N)S(=O)(=O)Nc1ccnn1-c1ccccn1. The third kappa shape index (κ3) is 2.71. The molecule has 8 heteroatoms. The summed E-state index contributed by atoms with van der Waals surface area (Å²) in [4.78, 5) is 4.08. The van der Waals surface area contributed by atoms with E-state index in [0.29, 0.717) is 5.82 Å². The average Bonchev–Trinajstić information content (AvgIpc) is 2.86. The average molecular weight is 277 g/mol. The Labute approximate surface area is 110 Å². The third-order valence-corrected chi connectivity index (χ3v) is 3.93. The molecule has 2 aromatic heterocycles. The van der Waals surface area contributed by atoms with Gasteiger partial charge in [-0.3, -0.25) is 4.72 Å². The number of anilines is 1. The van der Waals surface area contributed by atoms with Crippen LogP contribution >= 0.6 is 0 Å². The van der Waals surface area contributed by atoms with Crippen LogP contribution in [0.2, 0.25) is 0 Å². The number of sulfonamides is 1. The molecule has 0 aliphatic carbocycles. The summed E-state index contributed by atoms with van der Waals surface area (Å²) in [6, 6.07) is 8.38. The number of aromatic nitrogens is 3. The minimum absolute atomic E-state index is 0.237. The zero-order chi connectivity index (χ0) is 13.9. The Morgan fingerprint density at radius 1 is 1.37 bits per heavy atom. The minimum Gasteiger partial charge on any atom is -0.266 e. The summed E-state index contributed by atoms with van der Waals surface area (Å²) in [5.41, 5.74) is 0. The highest BCUT2D eigenvalue weighted by atomic mass is 32.2. The van der Waals surface area contributed by atoms with Gasteiger partial charge in [-0.2, -0.15) is 15.0 Å². The second-order valence-corrected chi connectivity index (χ2v) is 5.74. The Morgan fingerprint density at radius 3 is 2.79 bits per heavy atom. The van der Waals surface area contributed by atoms with Crippen LogP contribution < -0.4 is 4.72 Å². The first-order chi connectivity index (χ1) is 9.04. The first-order valence-corrected chi connectivity index (χ1v) is 6.96. The molecule has 0 aliphatic rings. The number of rotatable bonds is 4. The maximum atomic E-state index is 11.8. The first kappa shape index (κ1) is 13.0. The largest absolute Gasteiger partial charge is 0.266 e. The van der Waals surface area contributed by atoms with Crippen molar-refractivity contribution in [3.05, 3.63) is 36.7 Å². The molecule has 98 valence electrons. The number of pyridine rings is 1. The summed E-state index contributed by atoms with van der Waals surface area (Å²) in [5.74, 6) is 0.718. The highest BCUT2D eigenvalue weighted by molar-refractivity contribution is 7.93. The molecule has 0 amide bonds. The zero-order valence-electron chi connectivity index (χ0n) is 10.1. The van der Waals surface area contributed by atoms with Crippen molar-refractivity contribution >= 4 is 15.8 Å². The van der Waals surface area contributed by atoms with Crippen LogP contribution in [0.1, 0.15) is 6.92 Å². The van der Waals surface area contributed by atoms with Crippen LogP contribution in [-0.4, -0.2) is 28.4 Å². The first-order valence-electron chi connectivity index (χ1n) is 5.41. The molecule has 0 radical (unpaired) electrons. The van der Waals surface area contributed by atoms with Gasteiger partial charge >= 0.3 is 0 Å². The van der Waals surface area contributed by atoms with E-state index in [4.69, 9.17) is 5.26 Å². The molecular formula is C11H11N5O2S. The van der Waals surface area contributed by atoms with Gasteiger partial charge in [0, 0.05) is 12.3 Å². The van der Waals surface area contributed by atoms with Crippen LogP contribution in [0, 0.1) is 11.3 Å². The summed E-state index contributed by atoms with van der Waals surface area (Å²) in [6.07, 6.45) is 3.02. The summed E-state index contributed by atoms with van der Waals surface area (Å²) in [5, 5.41) is 11.5. The molecule has 0 bridgehead atoms. The Bertz CT molecular complexity index is 702. The van der Waals surface area contributed by atoms with Crippen LogP contribution in [0.5, 0.6) is 0 Å². The smallest absolute Gasteiger partial charge is 0.250 e. The summed E-state index contributed by atoms with van der Waals surface area (Å²) in [6.45, 7) is 1.31.